The Morgan fingerprint density at radius 1 is 1.18 bits per heavy atom. The van der Waals surface area contributed by atoms with E-state index in [1.807, 2.05) is 0 Å². The molecular formula is C16H25NO5. The van der Waals surface area contributed by atoms with Crippen LogP contribution in [-0.4, -0.2) is 59.4 Å². The summed E-state index contributed by atoms with van der Waals surface area (Å²) >= 11 is 0. The summed E-state index contributed by atoms with van der Waals surface area (Å²) in [6, 6.07) is 0.114. The van der Waals surface area contributed by atoms with E-state index in [4.69, 9.17) is 9.47 Å². The summed E-state index contributed by atoms with van der Waals surface area (Å²) in [5.41, 5.74) is -1.38. The Morgan fingerprint density at radius 2 is 1.91 bits per heavy atom. The van der Waals surface area contributed by atoms with Gasteiger partial charge in [-0.05, 0) is 38.5 Å². The molecule has 0 unspecified atom stereocenters. The van der Waals surface area contributed by atoms with Gasteiger partial charge in [0.2, 0.25) is 0 Å². The Balaban J connectivity index is 1.53. The summed E-state index contributed by atoms with van der Waals surface area (Å²) in [6.45, 7) is 0.830. The molecule has 0 spiro atoms. The van der Waals surface area contributed by atoms with E-state index >= 15 is 0 Å². The molecule has 6 heteroatoms. The lowest BCUT2D eigenvalue weighted by Gasteiger charge is -2.43. The molecule has 0 aromatic heterocycles. The molecular weight excluding hydrogens is 286 g/mol. The molecule has 3 aliphatic rings. The van der Waals surface area contributed by atoms with Gasteiger partial charge in [-0.1, -0.05) is 12.8 Å². The van der Waals surface area contributed by atoms with Gasteiger partial charge in [0.15, 0.2) is 12.2 Å². The number of carbonyl (C=O) groups is 2. The lowest BCUT2D eigenvalue weighted by atomic mass is 9.90. The number of nitrogens with zero attached hydrogens (tertiary/aromatic N) is 1. The number of carbonyl (C=O) groups excluding carboxylic acids is 2. The van der Waals surface area contributed by atoms with E-state index in [-0.39, 0.29) is 24.7 Å². The Labute approximate surface area is 130 Å². The summed E-state index contributed by atoms with van der Waals surface area (Å²) in [4.78, 5) is 26.2. The van der Waals surface area contributed by atoms with Gasteiger partial charge >= 0.3 is 5.97 Å². The fourth-order valence-electron chi connectivity index (χ4n) is 3.91. The average molecular weight is 311 g/mol. The Morgan fingerprint density at radius 3 is 2.68 bits per heavy atom. The summed E-state index contributed by atoms with van der Waals surface area (Å²) in [5.74, 6) is -0.818. The van der Waals surface area contributed by atoms with Crippen molar-refractivity contribution in [1.29, 1.82) is 0 Å². The fourth-order valence-corrected chi connectivity index (χ4v) is 3.91. The van der Waals surface area contributed by atoms with Crippen LogP contribution >= 0.6 is 0 Å². The SMILES string of the molecule is O=C(COC(=O)C1(O)CCCC1)N1CCO[C@H]2CCCC[C@@H]21. The van der Waals surface area contributed by atoms with Crippen LogP contribution in [0.15, 0.2) is 0 Å². The van der Waals surface area contributed by atoms with Crippen molar-refractivity contribution in [3.8, 4) is 0 Å². The van der Waals surface area contributed by atoms with Crippen LogP contribution in [0.2, 0.25) is 0 Å². The molecule has 2 atom stereocenters. The van der Waals surface area contributed by atoms with Crippen LogP contribution in [0, 0.1) is 0 Å². The van der Waals surface area contributed by atoms with Crippen LogP contribution in [0.3, 0.4) is 0 Å². The maximum atomic E-state index is 12.4. The molecule has 3 fully saturated rings. The van der Waals surface area contributed by atoms with E-state index in [2.05, 4.69) is 0 Å². The summed E-state index contributed by atoms with van der Waals surface area (Å²) in [5, 5.41) is 10.2. The predicted octanol–water partition coefficient (Wildman–Crippen LogP) is 1.00. The number of hydrogen-bond donors (Lipinski definition) is 1. The van der Waals surface area contributed by atoms with Gasteiger partial charge in [-0.25, -0.2) is 4.79 Å². The number of ether oxygens (including phenoxy) is 2. The lowest BCUT2D eigenvalue weighted by Crippen LogP contribution is -2.56. The van der Waals surface area contributed by atoms with Gasteiger partial charge in [-0.2, -0.15) is 0 Å². The van der Waals surface area contributed by atoms with Crippen molar-refractivity contribution in [2.24, 2.45) is 0 Å². The molecule has 2 aliphatic carbocycles. The quantitative estimate of drug-likeness (QED) is 0.787. The average Bonchev–Trinajstić information content (AvgIpc) is 2.99. The first-order valence-electron chi connectivity index (χ1n) is 8.41. The highest BCUT2D eigenvalue weighted by Gasteiger charge is 2.41. The van der Waals surface area contributed by atoms with Crippen LogP contribution in [-0.2, 0) is 19.1 Å². The summed E-state index contributed by atoms with van der Waals surface area (Å²) in [7, 11) is 0. The van der Waals surface area contributed by atoms with Crippen molar-refractivity contribution >= 4 is 11.9 Å². The van der Waals surface area contributed by atoms with Gasteiger partial charge in [0, 0.05) is 6.54 Å². The maximum Gasteiger partial charge on any atom is 0.338 e. The topological polar surface area (TPSA) is 76.1 Å². The highest BCUT2D eigenvalue weighted by molar-refractivity contribution is 5.84. The van der Waals surface area contributed by atoms with E-state index in [9.17, 15) is 14.7 Å². The second-order valence-electron chi connectivity index (χ2n) is 6.66. The molecule has 6 nitrogen and oxygen atoms in total. The molecule has 22 heavy (non-hydrogen) atoms. The lowest BCUT2D eigenvalue weighted by molar-refractivity contribution is -0.172. The molecule has 0 aromatic carbocycles. The van der Waals surface area contributed by atoms with Gasteiger partial charge in [0.25, 0.3) is 5.91 Å². The van der Waals surface area contributed by atoms with Crippen molar-refractivity contribution in [1.82, 2.24) is 4.90 Å². The van der Waals surface area contributed by atoms with E-state index in [0.717, 1.165) is 38.5 Å². The fraction of sp³-hybridized carbons (Fsp3) is 0.875. The summed E-state index contributed by atoms with van der Waals surface area (Å²) in [6.07, 6.45) is 6.84. The second-order valence-corrected chi connectivity index (χ2v) is 6.66. The first kappa shape index (κ1) is 15.7. The number of morpholine rings is 1. The highest BCUT2D eigenvalue weighted by atomic mass is 16.6. The van der Waals surface area contributed by atoms with E-state index in [1.54, 1.807) is 4.90 Å². The zero-order chi connectivity index (χ0) is 15.6. The minimum atomic E-state index is -1.38. The zero-order valence-corrected chi connectivity index (χ0v) is 13.0. The van der Waals surface area contributed by atoms with Gasteiger partial charge in [-0.3, -0.25) is 4.79 Å². The monoisotopic (exact) mass is 311 g/mol. The van der Waals surface area contributed by atoms with E-state index in [1.165, 1.54) is 0 Å². The van der Waals surface area contributed by atoms with Crippen LogP contribution in [0.1, 0.15) is 51.4 Å². The van der Waals surface area contributed by atoms with Crippen molar-refractivity contribution in [3.63, 3.8) is 0 Å². The second kappa shape index (κ2) is 6.54. The first-order valence-corrected chi connectivity index (χ1v) is 8.41. The highest BCUT2D eigenvalue weighted by Crippen LogP contribution is 2.31. The van der Waals surface area contributed by atoms with Crippen molar-refractivity contribution in [2.45, 2.75) is 69.1 Å². The van der Waals surface area contributed by atoms with Crippen LogP contribution < -0.4 is 0 Å². The number of rotatable bonds is 3. The van der Waals surface area contributed by atoms with Crippen LogP contribution in [0.5, 0.6) is 0 Å². The van der Waals surface area contributed by atoms with Crippen molar-refractivity contribution in [3.05, 3.63) is 0 Å². The molecule has 1 aliphatic heterocycles. The number of hydrogen-bond acceptors (Lipinski definition) is 5. The normalized spacial score (nSPS) is 30.7. The Kier molecular flexibility index (Phi) is 4.68. The molecule has 1 heterocycles. The van der Waals surface area contributed by atoms with E-state index < -0.39 is 11.6 Å². The first-order chi connectivity index (χ1) is 10.6. The standard InChI is InChI=1S/C16H25NO5/c18-14(11-22-15(19)16(20)7-3-4-8-16)17-9-10-21-13-6-2-1-5-12(13)17/h12-13,20H,1-11H2/t12-,13-/m0/s1. The number of aliphatic hydroxyl groups is 1. The predicted molar refractivity (Wildman–Crippen MR) is 78.1 cm³/mol. The summed E-state index contributed by atoms with van der Waals surface area (Å²) < 4.78 is 10.8. The molecule has 124 valence electrons. The number of amides is 1. The number of fused-ring (bicyclic) bond motifs is 1. The van der Waals surface area contributed by atoms with Gasteiger partial charge in [0.1, 0.15) is 0 Å². The molecule has 1 amide bonds. The Bertz CT molecular complexity index is 430. The largest absolute Gasteiger partial charge is 0.453 e. The van der Waals surface area contributed by atoms with Crippen molar-refractivity contribution < 1.29 is 24.2 Å². The van der Waals surface area contributed by atoms with Crippen molar-refractivity contribution in [2.75, 3.05) is 19.8 Å². The number of esters is 1. The minimum absolute atomic E-state index is 0.114. The molecule has 0 radical (unpaired) electrons. The molecule has 0 aromatic rings. The minimum Gasteiger partial charge on any atom is -0.453 e. The molecule has 1 saturated heterocycles. The molecule has 2 saturated carbocycles. The molecule has 0 bridgehead atoms. The zero-order valence-electron chi connectivity index (χ0n) is 13.0. The van der Waals surface area contributed by atoms with E-state index in [0.29, 0.717) is 26.0 Å². The molecule has 1 N–H and O–H groups in total. The third-order valence-electron chi connectivity index (χ3n) is 5.19. The van der Waals surface area contributed by atoms with Crippen LogP contribution in [0.4, 0.5) is 0 Å². The smallest absolute Gasteiger partial charge is 0.338 e. The van der Waals surface area contributed by atoms with Gasteiger partial charge < -0.3 is 19.5 Å². The van der Waals surface area contributed by atoms with Gasteiger partial charge in [-0.15, -0.1) is 0 Å². The van der Waals surface area contributed by atoms with Gasteiger partial charge in [0.05, 0.1) is 18.8 Å². The third-order valence-corrected chi connectivity index (χ3v) is 5.19. The maximum absolute atomic E-state index is 12.4. The molecule has 3 rings (SSSR count). The Hall–Kier alpha value is -1.14. The third kappa shape index (κ3) is 3.13. The van der Waals surface area contributed by atoms with Crippen LogP contribution in [0.25, 0.3) is 0 Å².